The standard InChI is InChI=1S/C10H5IO4.C10H6O4.C4H9I2NO/c11-7-9(14)6-4(8(13)10(7)15)2-1-3-5(6)12;11-6-3-1-2-5-9(6)7(12)4-8(13)10(5)14;5-6-7-1-3-8-4-2-7/h1-3,12,14H;1-4,11-12H;7H,1-4H2. The quantitative estimate of drug-likeness (QED) is 0.140. The van der Waals surface area contributed by atoms with E-state index in [4.69, 9.17) is 4.74 Å². The van der Waals surface area contributed by atoms with E-state index >= 15 is 0 Å². The van der Waals surface area contributed by atoms with Gasteiger partial charge in [-0.15, -0.1) is 0 Å². The van der Waals surface area contributed by atoms with Crippen molar-refractivity contribution in [1.29, 1.82) is 0 Å². The predicted molar refractivity (Wildman–Crippen MR) is 145 cm³/mol. The molecule has 0 atom stereocenters. The fraction of sp³-hybridized carbons (Fsp3) is 0.167. The molecular weight excluding hydrogens is 827 g/mol. The molecule has 1 aliphatic heterocycles. The van der Waals surface area contributed by atoms with Gasteiger partial charge in [-0.25, -0.2) is 0 Å². The molecule has 1 heterocycles. The first kappa shape index (κ1) is 29.5. The number of ether oxygens (including phenoxy) is 1. The number of fused-ring (bicyclic) bond motifs is 2. The second-order valence-corrected chi connectivity index (χ2v) is 13.4. The molecular formula is C24H20I3NO9. The normalized spacial score (nSPS) is 17.2. The Balaban J connectivity index is 0.000000161. The maximum Gasteiger partial charge on any atom is 0.243 e. The number of morpholine rings is 1. The number of phenols is 2. The summed E-state index contributed by atoms with van der Waals surface area (Å²) in [6, 6.07) is 8.36. The number of halogens is 3. The number of phenolic OH excluding ortho intramolecular Hbond substituents is 2. The number of nitrogens with one attached hydrogen (secondary N) is 1. The SMILES string of the molecule is I[I-][NH+]1CCOCC1.O=C1C(=O)c2cccc(O)c2C(O)=C1I.O=C1C=C(O)c2c(O)cccc2C1=O. The number of hydrogen-bond donors (Lipinski definition) is 5. The van der Waals surface area contributed by atoms with Gasteiger partial charge in [0, 0.05) is 17.2 Å². The summed E-state index contributed by atoms with van der Waals surface area (Å²) in [5, 5.41) is 37.9. The average Bonchev–Trinajstić information content (AvgIpc) is 2.90. The second-order valence-electron chi connectivity index (χ2n) is 7.64. The second kappa shape index (κ2) is 13.1. The molecule has 0 amide bonds. The van der Waals surface area contributed by atoms with Crippen molar-refractivity contribution in [3.8, 4) is 11.5 Å². The Morgan fingerprint density at radius 1 is 0.784 bits per heavy atom. The predicted octanol–water partition coefficient (Wildman–Crippen LogP) is -0.869. The molecule has 0 radical (unpaired) electrons. The third kappa shape index (κ3) is 6.68. The molecule has 1 saturated heterocycles. The van der Waals surface area contributed by atoms with Crippen LogP contribution in [-0.4, -0.2) is 69.9 Å². The summed E-state index contributed by atoms with van der Waals surface area (Å²) in [5.41, 5.74) is 0.136. The minimum atomic E-state index is -0.777. The van der Waals surface area contributed by atoms with E-state index in [1.54, 1.807) is 25.7 Å². The van der Waals surface area contributed by atoms with Gasteiger partial charge in [-0.1, -0.05) is 12.1 Å². The van der Waals surface area contributed by atoms with Gasteiger partial charge >= 0.3 is 70.3 Å². The molecule has 0 aromatic heterocycles. The molecule has 5 rings (SSSR count). The summed E-state index contributed by atoms with van der Waals surface area (Å²) >= 11 is 4.50. The molecule has 2 aromatic carbocycles. The molecule has 0 spiro atoms. The fourth-order valence-electron chi connectivity index (χ4n) is 3.47. The summed E-state index contributed by atoms with van der Waals surface area (Å²) in [7, 11) is 0. The van der Waals surface area contributed by atoms with E-state index in [0.29, 0.717) is 17.5 Å². The Morgan fingerprint density at radius 3 is 1.86 bits per heavy atom. The van der Waals surface area contributed by atoms with Crippen LogP contribution in [0.2, 0.25) is 0 Å². The molecule has 3 aliphatic rings. The largest absolute Gasteiger partial charge is 0.507 e. The minimum Gasteiger partial charge on any atom is -0.507 e. The number of ketones is 4. The van der Waals surface area contributed by atoms with E-state index in [1.165, 1.54) is 49.5 Å². The van der Waals surface area contributed by atoms with E-state index in [-0.39, 0.29) is 48.9 Å². The summed E-state index contributed by atoms with van der Waals surface area (Å²) in [5.74, 6) is -4.07. The van der Waals surface area contributed by atoms with Crippen molar-refractivity contribution in [3.05, 3.63) is 68.3 Å². The molecule has 2 aromatic rings. The zero-order chi connectivity index (χ0) is 27.3. The van der Waals surface area contributed by atoms with Gasteiger partial charge in [0.15, 0.2) is 0 Å². The van der Waals surface area contributed by atoms with Gasteiger partial charge in [0.05, 0.1) is 11.1 Å². The Bertz CT molecular complexity index is 1330. The number of aromatic hydroxyl groups is 2. The van der Waals surface area contributed by atoms with Crippen molar-refractivity contribution >= 4 is 75.9 Å². The third-order valence-electron chi connectivity index (χ3n) is 5.31. The number of carbonyl (C=O) groups excluding carboxylic acids is 4. The van der Waals surface area contributed by atoms with Gasteiger partial charge in [-0.3, -0.25) is 19.2 Å². The minimum absolute atomic E-state index is 0.0251. The number of hydrogen-bond acceptors (Lipinski definition) is 9. The molecule has 0 bridgehead atoms. The zero-order valence-corrected chi connectivity index (χ0v) is 25.3. The molecule has 5 N–H and O–H groups in total. The molecule has 1 fully saturated rings. The monoisotopic (exact) mass is 847 g/mol. The average molecular weight is 847 g/mol. The molecule has 196 valence electrons. The summed E-state index contributed by atoms with van der Waals surface area (Å²) in [4.78, 5) is 45.2. The van der Waals surface area contributed by atoms with Gasteiger partial charge in [0.1, 0.15) is 26.6 Å². The van der Waals surface area contributed by atoms with Crippen LogP contribution in [0.4, 0.5) is 0 Å². The van der Waals surface area contributed by atoms with E-state index in [1.807, 2.05) is 0 Å². The van der Waals surface area contributed by atoms with Gasteiger partial charge in [0.25, 0.3) is 0 Å². The Hall–Kier alpha value is -2.09. The van der Waals surface area contributed by atoms with Crippen molar-refractivity contribution in [3.63, 3.8) is 0 Å². The molecule has 37 heavy (non-hydrogen) atoms. The maximum atomic E-state index is 11.5. The van der Waals surface area contributed by atoms with Crippen molar-refractivity contribution in [2.75, 3.05) is 26.3 Å². The third-order valence-corrected chi connectivity index (χ3v) is 11.8. The van der Waals surface area contributed by atoms with Crippen LogP contribution in [0.1, 0.15) is 31.8 Å². The van der Waals surface area contributed by atoms with Crippen LogP contribution in [0.3, 0.4) is 0 Å². The number of carbonyl (C=O) groups is 4. The first-order chi connectivity index (χ1) is 17.6. The molecule has 2 aliphatic carbocycles. The first-order valence-electron chi connectivity index (χ1n) is 10.6. The topological polar surface area (TPSA) is 163 Å². The number of Topliss-reactive ketones (excluding diaryl/α,β-unsaturated/α-hetero) is 3. The Labute approximate surface area is 244 Å². The van der Waals surface area contributed by atoms with Gasteiger partial charge in [0.2, 0.25) is 23.1 Å². The number of allylic oxidation sites excluding steroid dienone is 2. The Kier molecular flexibility index (Phi) is 10.4. The summed E-state index contributed by atoms with van der Waals surface area (Å²) in [6.07, 6.45) is 0.810. The van der Waals surface area contributed by atoms with Gasteiger partial charge in [-0.2, -0.15) is 0 Å². The van der Waals surface area contributed by atoms with Crippen LogP contribution < -0.4 is 20.6 Å². The van der Waals surface area contributed by atoms with Crippen LogP contribution in [-0.2, 0) is 14.3 Å². The maximum absolute atomic E-state index is 11.5. The number of aliphatic hydroxyl groups is 2. The number of aliphatic hydroxyl groups excluding tert-OH is 2. The first-order valence-corrected chi connectivity index (χ1v) is 19.0. The van der Waals surface area contributed by atoms with Crippen LogP contribution in [0.5, 0.6) is 11.5 Å². The van der Waals surface area contributed by atoms with Crippen molar-refractivity contribution in [1.82, 2.24) is 0 Å². The van der Waals surface area contributed by atoms with E-state index < -0.39 is 23.1 Å². The van der Waals surface area contributed by atoms with E-state index in [9.17, 15) is 39.6 Å². The molecule has 13 heteroatoms. The zero-order valence-electron chi connectivity index (χ0n) is 18.8. The summed E-state index contributed by atoms with van der Waals surface area (Å²) < 4.78 is 6.91. The fourth-order valence-corrected chi connectivity index (χ4v) is 7.57. The van der Waals surface area contributed by atoms with Gasteiger partial charge in [-0.05, 0) is 46.9 Å². The van der Waals surface area contributed by atoms with E-state index in [2.05, 4.69) is 18.6 Å². The van der Waals surface area contributed by atoms with Crippen LogP contribution in [0.25, 0.3) is 11.5 Å². The van der Waals surface area contributed by atoms with E-state index in [0.717, 1.165) is 19.3 Å². The van der Waals surface area contributed by atoms with Crippen molar-refractivity contribution in [2.24, 2.45) is 0 Å². The van der Waals surface area contributed by atoms with Crippen LogP contribution in [0.15, 0.2) is 46.1 Å². The molecule has 0 saturated carbocycles. The Morgan fingerprint density at radius 2 is 1.32 bits per heavy atom. The van der Waals surface area contributed by atoms with Crippen molar-refractivity contribution < 1.29 is 65.0 Å². The smallest absolute Gasteiger partial charge is 0.243 e. The number of rotatable bonds is 1. The van der Waals surface area contributed by atoms with Crippen LogP contribution in [0, 0.1) is 0 Å². The number of quaternary nitrogens is 1. The van der Waals surface area contributed by atoms with Crippen LogP contribution >= 0.6 is 41.2 Å². The van der Waals surface area contributed by atoms with Gasteiger partial charge < -0.3 is 20.4 Å². The van der Waals surface area contributed by atoms with Crippen molar-refractivity contribution in [2.45, 2.75) is 0 Å². The summed E-state index contributed by atoms with van der Waals surface area (Å²) in [6.45, 7) is 4.46. The molecule has 10 nitrogen and oxygen atoms in total. The number of benzene rings is 2. The molecule has 0 unspecified atom stereocenters.